The molecule has 0 bridgehead atoms. The number of fused-ring (bicyclic) bond motifs is 1. The molecule has 1 aliphatic heterocycles. The first kappa shape index (κ1) is 18.2. The number of nitrogens with zero attached hydrogens (tertiary/aromatic N) is 4. The summed E-state index contributed by atoms with van der Waals surface area (Å²) in [6, 6.07) is 0.450. The predicted octanol–water partition coefficient (Wildman–Crippen LogP) is 2.69. The zero-order valence-electron chi connectivity index (χ0n) is 16.1. The third kappa shape index (κ3) is 3.76. The molecule has 2 unspecified atom stereocenters. The fourth-order valence-corrected chi connectivity index (χ4v) is 4.08. The maximum absolute atomic E-state index is 12.1. The van der Waals surface area contributed by atoms with Crippen molar-refractivity contribution in [2.24, 2.45) is 0 Å². The van der Waals surface area contributed by atoms with Crippen LogP contribution in [0.5, 0.6) is 0 Å². The van der Waals surface area contributed by atoms with Gasteiger partial charge in [0, 0.05) is 12.6 Å². The van der Waals surface area contributed by atoms with Crippen LogP contribution < -0.4 is 10.6 Å². The lowest BCUT2D eigenvalue weighted by atomic mass is 9.95. The van der Waals surface area contributed by atoms with Crippen LogP contribution in [0.25, 0.3) is 11.2 Å². The molecule has 2 atom stereocenters. The maximum atomic E-state index is 12.1. The maximum Gasteiger partial charge on any atom is 0.249 e. The van der Waals surface area contributed by atoms with Crippen molar-refractivity contribution in [2.45, 2.75) is 77.2 Å². The van der Waals surface area contributed by atoms with Crippen molar-refractivity contribution in [3.8, 4) is 0 Å². The fraction of sp³-hybridized carbons (Fsp3) is 0.684. The largest absolute Gasteiger partial charge is 0.365 e. The van der Waals surface area contributed by atoms with Gasteiger partial charge in [0.25, 0.3) is 0 Å². The number of carbonyl (C=O) groups excluding carboxylic acids is 1. The van der Waals surface area contributed by atoms with Crippen LogP contribution in [0, 0.1) is 6.92 Å². The number of hydrogen-bond acceptors (Lipinski definition) is 6. The molecule has 2 aliphatic rings. The van der Waals surface area contributed by atoms with Gasteiger partial charge in [-0.2, -0.15) is 0 Å². The van der Waals surface area contributed by atoms with Crippen molar-refractivity contribution < 1.29 is 9.53 Å². The van der Waals surface area contributed by atoms with E-state index in [0.29, 0.717) is 24.8 Å². The van der Waals surface area contributed by atoms with Crippen LogP contribution in [0.2, 0.25) is 0 Å². The number of anilines is 1. The standard InChI is InChI=1S/C19H28N6O2/c1-3-20-19(26)14-9-10-15(27-14)25-11-21-16-17(22-12(2)23-18(16)25)24-13-7-5-4-6-8-13/h11,13-15H,3-10H2,1-2H3,(H,20,26)(H,22,23,24). The SMILES string of the molecule is CCNC(=O)C1CCC(n2cnc3c(NC4CCCCC4)nc(C)nc32)O1. The second kappa shape index (κ2) is 7.80. The summed E-state index contributed by atoms with van der Waals surface area (Å²) < 4.78 is 7.93. The highest BCUT2D eigenvalue weighted by Crippen LogP contribution is 2.32. The van der Waals surface area contributed by atoms with Crippen molar-refractivity contribution in [3.63, 3.8) is 0 Å². The van der Waals surface area contributed by atoms with Crippen molar-refractivity contribution in [2.75, 3.05) is 11.9 Å². The van der Waals surface area contributed by atoms with Gasteiger partial charge in [0.1, 0.15) is 18.2 Å². The molecule has 2 N–H and O–H groups in total. The molecule has 8 heteroatoms. The topological polar surface area (TPSA) is 94.0 Å². The summed E-state index contributed by atoms with van der Waals surface area (Å²) in [5, 5.41) is 6.41. The molecule has 0 spiro atoms. The number of aryl methyl sites for hydroxylation is 1. The molecule has 3 heterocycles. The summed E-state index contributed by atoms with van der Waals surface area (Å²) in [6.45, 7) is 4.42. The fourth-order valence-electron chi connectivity index (χ4n) is 4.08. The smallest absolute Gasteiger partial charge is 0.249 e. The van der Waals surface area contributed by atoms with Crippen LogP contribution >= 0.6 is 0 Å². The number of imidazole rings is 1. The highest BCUT2D eigenvalue weighted by molar-refractivity contribution is 5.83. The number of hydrogen-bond donors (Lipinski definition) is 2. The Kier molecular flexibility index (Phi) is 5.24. The minimum absolute atomic E-state index is 0.0464. The number of likely N-dealkylation sites (N-methyl/N-ethyl adjacent to an activating group) is 1. The summed E-state index contributed by atoms with van der Waals surface area (Å²) in [7, 11) is 0. The zero-order chi connectivity index (χ0) is 18.8. The highest BCUT2D eigenvalue weighted by atomic mass is 16.5. The second-order valence-corrected chi connectivity index (χ2v) is 7.47. The van der Waals surface area contributed by atoms with E-state index < -0.39 is 6.10 Å². The molecule has 4 rings (SSSR count). The monoisotopic (exact) mass is 372 g/mol. The molecule has 1 amide bonds. The van der Waals surface area contributed by atoms with Crippen LogP contribution in [0.4, 0.5) is 5.82 Å². The van der Waals surface area contributed by atoms with Gasteiger partial charge in [-0.25, -0.2) is 15.0 Å². The van der Waals surface area contributed by atoms with Crippen LogP contribution in [0.1, 0.15) is 63.9 Å². The molecule has 27 heavy (non-hydrogen) atoms. The Bertz CT molecular complexity index is 814. The van der Waals surface area contributed by atoms with Gasteiger partial charge < -0.3 is 15.4 Å². The van der Waals surface area contributed by atoms with E-state index in [2.05, 4.69) is 25.6 Å². The van der Waals surface area contributed by atoms with Crippen LogP contribution in [0.3, 0.4) is 0 Å². The number of aromatic nitrogens is 4. The first-order chi connectivity index (χ1) is 13.2. The third-order valence-electron chi connectivity index (χ3n) is 5.43. The van der Waals surface area contributed by atoms with Crippen molar-refractivity contribution in [3.05, 3.63) is 12.2 Å². The molecular weight excluding hydrogens is 344 g/mol. The lowest BCUT2D eigenvalue weighted by Gasteiger charge is -2.23. The van der Waals surface area contributed by atoms with Gasteiger partial charge in [-0.05, 0) is 39.5 Å². The summed E-state index contributed by atoms with van der Waals surface area (Å²) in [5.41, 5.74) is 1.54. The van der Waals surface area contributed by atoms with E-state index in [1.165, 1.54) is 32.1 Å². The van der Waals surface area contributed by atoms with Gasteiger partial charge in [-0.3, -0.25) is 9.36 Å². The van der Waals surface area contributed by atoms with Crippen molar-refractivity contribution >= 4 is 22.9 Å². The molecule has 2 aromatic heterocycles. The lowest BCUT2D eigenvalue weighted by molar-refractivity contribution is -0.133. The summed E-state index contributed by atoms with van der Waals surface area (Å²) in [6.07, 6.45) is 8.78. The number of carbonyl (C=O) groups is 1. The third-order valence-corrected chi connectivity index (χ3v) is 5.43. The summed E-state index contributed by atoms with van der Waals surface area (Å²) in [4.78, 5) is 25.8. The van der Waals surface area contributed by atoms with Gasteiger partial charge in [0.2, 0.25) is 5.91 Å². The average Bonchev–Trinajstić information content (AvgIpc) is 3.29. The lowest BCUT2D eigenvalue weighted by Crippen LogP contribution is -2.34. The number of ether oxygens (including phenoxy) is 1. The van der Waals surface area contributed by atoms with E-state index in [-0.39, 0.29) is 12.1 Å². The Morgan fingerprint density at radius 1 is 1.22 bits per heavy atom. The quantitative estimate of drug-likeness (QED) is 0.838. The number of rotatable bonds is 5. The molecule has 1 saturated carbocycles. The molecule has 8 nitrogen and oxygen atoms in total. The molecule has 1 aliphatic carbocycles. The van der Waals surface area contributed by atoms with Crippen molar-refractivity contribution in [1.82, 2.24) is 24.8 Å². The van der Waals surface area contributed by atoms with E-state index in [0.717, 1.165) is 23.4 Å². The molecule has 0 radical (unpaired) electrons. The van der Waals surface area contributed by atoms with E-state index in [1.54, 1.807) is 6.33 Å². The summed E-state index contributed by atoms with van der Waals surface area (Å²) >= 11 is 0. The Labute approximate surface area is 159 Å². The number of nitrogens with one attached hydrogen (secondary N) is 2. The van der Waals surface area contributed by atoms with Gasteiger partial charge >= 0.3 is 0 Å². The van der Waals surface area contributed by atoms with Crippen molar-refractivity contribution in [1.29, 1.82) is 0 Å². The summed E-state index contributed by atoms with van der Waals surface area (Å²) in [5.74, 6) is 1.47. The Morgan fingerprint density at radius 2 is 2.04 bits per heavy atom. The average molecular weight is 372 g/mol. The molecule has 2 fully saturated rings. The molecule has 0 aromatic carbocycles. The Balaban J connectivity index is 1.57. The first-order valence-electron chi connectivity index (χ1n) is 10.1. The normalized spacial score (nSPS) is 23.6. The molecule has 146 valence electrons. The number of amides is 1. The Morgan fingerprint density at radius 3 is 2.81 bits per heavy atom. The van der Waals surface area contributed by atoms with Gasteiger partial charge in [-0.15, -0.1) is 0 Å². The zero-order valence-corrected chi connectivity index (χ0v) is 16.1. The first-order valence-corrected chi connectivity index (χ1v) is 10.1. The van der Waals surface area contributed by atoms with Crippen LogP contribution in [0.15, 0.2) is 6.33 Å². The second-order valence-electron chi connectivity index (χ2n) is 7.47. The van der Waals surface area contributed by atoms with E-state index in [1.807, 2.05) is 18.4 Å². The molecule has 2 aromatic rings. The van der Waals surface area contributed by atoms with Gasteiger partial charge in [0.15, 0.2) is 17.0 Å². The molecular formula is C19H28N6O2. The van der Waals surface area contributed by atoms with E-state index in [4.69, 9.17) is 4.74 Å². The minimum Gasteiger partial charge on any atom is -0.365 e. The van der Waals surface area contributed by atoms with E-state index in [9.17, 15) is 4.79 Å². The van der Waals surface area contributed by atoms with Gasteiger partial charge in [-0.1, -0.05) is 19.3 Å². The molecule has 1 saturated heterocycles. The highest BCUT2D eigenvalue weighted by Gasteiger charge is 2.32. The van der Waals surface area contributed by atoms with E-state index >= 15 is 0 Å². The van der Waals surface area contributed by atoms with Crippen LogP contribution in [-0.4, -0.2) is 44.1 Å². The Hall–Kier alpha value is -2.22. The minimum atomic E-state index is -0.407. The van der Waals surface area contributed by atoms with Gasteiger partial charge in [0.05, 0.1) is 6.33 Å². The predicted molar refractivity (Wildman–Crippen MR) is 102 cm³/mol. The van der Waals surface area contributed by atoms with Crippen LogP contribution in [-0.2, 0) is 9.53 Å².